The summed E-state index contributed by atoms with van der Waals surface area (Å²) in [5, 5.41) is 3.73. The van der Waals surface area contributed by atoms with Crippen LogP contribution in [0.3, 0.4) is 0 Å². The first-order valence-electron chi connectivity index (χ1n) is 6.01. The fourth-order valence-corrected chi connectivity index (χ4v) is 2.05. The molecule has 1 N–H and O–H groups in total. The van der Waals surface area contributed by atoms with Crippen molar-refractivity contribution in [2.24, 2.45) is 0 Å². The zero-order valence-corrected chi connectivity index (χ0v) is 12.7. The Kier molecular flexibility index (Phi) is 4.53. The molecule has 0 saturated heterocycles. The minimum atomic E-state index is -0.224. The predicted molar refractivity (Wildman–Crippen MR) is 85.2 cm³/mol. The summed E-state index contributed by atoms with van der Waals surface area (Å²) in [5.41, 5.74) is 2.02. The second-order valence-electron chi connectivity index (χ2n) is 4.52. The highest BCUT2D eigenvalue weighted by atomic mass is 35.5. The van der Waals surface area contributed by atoms with Crippen LogP contribution in [0.15, 0.2) is 42.5 Å². The maximum Gasteiger partial charge on any atom is 0.255 e. The van der Waals surface area contributed by atoms with Gasteiger partial charge in [-0.05, 0) is 36.4 Å². The molecule has 0 radical (unpaired) electrons. The third-order valence-corrected chi connectivity index (χ3v) is 3.37. The topological polar surface area (TPSA) is 32.3 Å². The Hall–Kier alpha value is -1.71. The summed E-state index contributed by atoms with van der Waals surface area (Å²) in [7, 11) is 3.84. The number of nitrogens with zero attached hydrogens (tertiary/aromatic N) is 1. The fraction of sp³-hybridized carbons (Fsp3) is 0.133. The van der Waals surface area contributed by atoms with Gasteiger partial charge in [-0.25, -0.2) is 0 Å². The lowest BCUT2D eigenvalue weighted by molar-refractivity contribution is 0.102. The van der Waals surface area contributed by atoms with E-state index in [0.717, 1.165) is 5.69 Å². The molecule has 0 heterocycles. The van der Waals surface area contributed by atoms with E-state index in [1.165, 1.54) is 0 Å². The van der Waals surface area contributed by atoms with Crippen molar-refractivity contribution < 1.29 is 4.79 Å². The molecular formula is C15H14Cl2N2O. The molecule has 0 unspecified atom stereocenters. The summed E-state index contributed by atoms with van der Waals surface area (Å²) in [6, 6.07) is 12.3. The molecule has 0 bridgehead atoms. The number of benzene rings is 2. The van der Waals surface area contributed by atoms with Gasteiger partial charge in [0.2, 0.25) is 0 Å². The quantitative estimate of drug-likeness (QED) is 0.916. The van der Waals surface area contributed by atoms with E-state index in [1.807, 2.05) is 37.2 Å². The number of anilines is 2. The first-order valence-corrected chi connectivity index (χ1v) is 6.77. The number of nitrogens with one attached hydrogen (secondary N) is 1. The number of amides is 1. The van der Waals surface area contributed by atoms with Crippen LogP contribution in [-0.4, -0.2) is 20.0 Å². The molecule has 0 atom stereocenters. The van der Waals surface area contributed by atoms with Gasteiger partial charge in [-0.15, -0.1) is 0 Å². The Bertz CT molecular complexity index is 642. The van der Waals surface area contributed by atoms with Crippen molar-refractivity contribution in [2.75, 3.05) is 24.3 Å². The average molecular weight is 309 g/mol. The van der Waals surface area contributed by atoms with Crippen LogP contribution in [0.25, 0.3) is 0 Å². The van der Waals surface area contributed by atoms with Crippen molar-refractivity contribution >= 4 is 40.5 Å². The SMILES string of the molecule is CN(C)c1cccc(C(=O)Nc2cc(Cl)ccc2Cl)c1. The average Bonchev–Trinajstić information content (AvgIpc) is 2.43. The van der Waals surface area contributed by atoms with Crippen molar-refractivity contribution in [1.29, 1.82) is 0 Å². The van der Waals surface area contributed by atoms with Gasteiger partial charge in [0.25, 0.3) is 5.91 Å². The highest BCUT2D eigenvalue weighted by molar-refractivity contribution is 6.35. The molecule has 0 saturated carbocycles. The predicted octanol–water partition coefficient (Wildman–Crippen LogP) is 4.31. The summed E-state index contributed by atoms with van der Waals surface area (Å²) >= 11 is 11.9. The normalized spacial score (nSPS) is 10.2. The summed E-state index contributed by atoms with van der Waals surface area (Å²) in [5.74, 6) is -0.224. The van der Waals surface area contributed by atoms with Crippen molar-refractivity contribution in [2.45, 2.75) is 0 Å². The van der Waals surface area contributed by atoms with Crippen LogP contribution in [0.4, 0.5) is 11.4 Å². The van der Waals surface area contributed by atoms with Crippen molar-refractivity contribution in [1.82, 2.24) is 0 Å². The number of carbonyl (C=O) groups excluding carboxylic acids is 1. The Morgan fingerprint density at radius 1 is 1.10 bits per heavy atom. The zero-order valence-electron chi connectivity index (χ0n) is 11.2. The van der Waals surface area contributed by atoms with Crippen molar-refractivity contribution in [3.8, 4) is 0 Å². The Morgan fingerprint density at radius 3 is 2.55 bits per heavy atom. The van der Waals surface area contributed by atoms with Gasteiger partial charge in [0, 0.05) is 30.4 Å². The van der Waals surface area contributed by atoms with E-state index in [-0.39, 0.29) is 5.91 Å². The minimum absolute atomic E-state index is 0.224. The van der Waals surface area contributed by atoms with Gasteiger partial charge in [0.1, 0.15) is 0 Å². The van der Waals surface area contributed by atoms with E-state index in [4.69, 9.17) is 23.2 Å². The standard InChI is InChI=1S/C15H14Cl2N2O/c1-19(2)12-5-3-4-10(8-12)15(20)18-14-9-11(16)6-7-13(14)17/h3-9H,1-2H3,(H,18,20). The molecule has 0 fully saturated rings. The summed E-state index contributed by atoms with van der Waals surface area (Å²) in [6.45, 7) is 0. The van der Waals surface area contributed by atoms with Gasteiger partial charge in [-0.1, -0.05) is 29.3 Å². The summed E-state index contributed by atoms with van der Waals surface area (Å²) in [4.78, 5) is 14.2. The molecule has 0 aliphatic carbocycles. The maximum atomic E-state index is 12.2. The van der Waals surface area contributed by atoms with Crippen molar-refractivity contribution in [3.05, 3.63) is 58.1 Å². The van der Waals surface area contributed by atoms with Crippen LogP contribution in [0.1, 0.15) is 10.4 Å². The number of hydrogen-bond donors (Lipinski definition) is 1. The highest BCUT2D eigenvalue weighted by Crippen LogP contribution is 2.26. The van der Waals surface area contributed by atoms with Gasteiger partial charge in [-0.3, -0.25) is 4.79 Å². The van der Waals surface area contributed by atoms with E-state index < -0.39 is 0 Å². The third-order valence-electron chi connectivity index (χ3n) is 2.80. The molecule has 2 rings (SSSR count). The van der Waals surface area contributed by atoms with Crippen LogP contribution in [0.2, 0.25) is 10.0 Å². The molecule has 104 valence electrons. The van der Waals surface area contributed by atoms with Crippen LogP contribution < -0.4 is 10.2 Å². The molecule has 0 spiro atoms. The molecule has 2 aromatic rings. The molecule has 1 amide bonds. The van der Waals surface area contributed by atoms with Gasteiger partial charge < -0.3 is 10.2 Å². The lowest BCUT2D eigenvalue weighted by atomic mass is 10.1. The molecule has 0 aromatic heterocycles. The summed E-state index contributed by atoms with van der Waals surface area (Å²) < 4.78 is 0. The van der Waals surface area contributed by atoms with E-state index in [2.05, 4.69) is 5.32 Å². The molecule has 0 aliphatic heterocycles. The monoisotopic (exact) mass is 308 g/mol. The Labute approximate surface area is 128 Å². The van der Waals surface area contributed by atoms with Crippen LogP contribution in [0.5, 0.6) is 0 Å². The highest BCUT2D eigenvalue weighted by Gasteiger charge is 2.10. The lowest BCUT2D eigenvalue weighted by Crippen LogP contribution is -2.14. The maximum absolute atomic E-state index is 12.2. The molecule has 0 aliphatic rings. The number of halogens is 2. The molecule has 2 aromatic carbocycles. The second-order valence-corrected chi connectivity index (χ2v) is 5.37. The summed E-state index contributed by atoms with van der Waals surface area (Å²) in [6.07, 6.45) is 0. The molecule has 20 heavy (non-hydrogen) atoms. The number of rotatable bonds is 3. The number of hydrogen-bond acceptors (Lipinski definition) is 2. The minimum Gasteiger partial charge on any atom is -0.378 e. The van der Waals surface area contributed by atoms with Crippen LogP contribution >= 0.6 is 23.2 Å². The van der Waals surface area contributed by atoms with Crippen LogP contribution in [-0.2, 0) is 0 Å². The Balaban J connectivity index is 2.24. The fourth-order valence-electron chi connectivity index (χ4n) is 1.71. The van der Waals surface area contributed by atoms with E-state index in [9.17, 15) is 4.79 Å². The van der Waals surface area contributed by atoms with Gasteiger partial charge in [0.05, 0.1) is 10.7 Å². The lowest BCUT2D eigenvalue weighted by Gasteiger charge is -2.14. The third kappa shape index (κ3) is 3.44. The molecular weight excluding hydrogens is 295 g/mol. The number of carbonyl (C=O) groups is 1. The van der Waals surface area contributed by atoms with Gasteiger partial charge >= 0.3 is 0 Å². The van der Waals surface area contributed by atoms with E-state index in [1.54, 1.807) is 24.3 Å². The van der Waals surface area contributed by atoms with Crippen molar-refractivity contribution in [3.63, 3.8) is 0 Å². The van der Waals surface area contributed by atoms with Gasteiger partial charge in [0.15, 0.2) is 0 Å². The van der Waals surface area contributed by atoms with Gasteiger partial charge in [-0.2, -0.15) is 0 Å². The largest absolute Gasteiger partial charge is 0.378 e. The smallest absolute Gasteiger partial charge is 0.255 e. The zero-order chi connectivity index (χ0) is 14.7. The first kappa shape index (κ1) is 14.7. The Morgan fingerprint density at radius 2 is 1.85 bits per heavy atom. The van der Waals surface area contributed by atoms with E-state index in [0.29, 0.717) is 21.3 Å². The first-order chi connectivity index (χ1) is 9.47. The van der Waals surface area contributed by atoms with Crippen LogP contribution in [0, 0.1) is 0 Å². The van der Waals surface area contributed by atoms with E-state index >= 15 is 0 Å². The molecule has 5 heteroatoms. The second kappa shape index (κ2) is 6.16. The molecule has 3 nitrogen and oxygen atoms in total.